The minimum Gasteiger partial charge on any atom is -0.273 e. The first-order valence-electron chi connectivity index (χ1n) is 10.3. The predicted molar refractivity (Wildman–Crippen MR) is 124 cm³/mol. The highest BCUT2D eigenvalue weighted by Gasteiger charge is 2.40. The first-order valence-corrected chi connectivity index (χ1v) is 11.4. The summed E-state index contributed by atoms with van der Waals surface area (Å²) in [5, 5.41) is 0.244. The lowest BCUT2D eigenvalue weighted by atomic mass is 9.96. The predicted octanol–water partition coefficient (Wildman–Crippen LogP) is 7.54. The zero-order valence-corrected chi connectivity index (χ0v) is 20.5. The molecule has 1 N–H and O–H groups in total. The zero-order valence-electron chi connectivity index (χ0n) is 18.3. The molecule has 0 bridgehead atoms. The summed E-state index contributed by atoms with van der Waals surface area (Å²) in [5.41, 5.74) is -0.689. The third kappa shape index (κ3) is 6.66. The summed E-state index contributed by atoms with van der Waals surface area (Å²) in [7, 11) is 1.22. The number of halogens is 9. The molecule has 4 nitrogen and oxygen atoms in total. The van der Waals surface area contributed by atoms with Gasteiger partial charge < -0.3 is 0 Å². The second-order valence-corrected chi connectivity index (χ2v) is 9.28. The third-order valence-corrected chi connectivity index (χ3v) is 6.52. The van der Waals surface area contributed by atoms with E-state index in [4.69, 9.17) is 34.8 Å². The molecule has 1 saturated carbocycles. The quantitative estimate of drug-likeness (QED) is 0.228. The number of allylic oxidation sites excluding steroid dienone is 1. The average molecular weight is 574 g/mol. The van der Waals surface area contributed by atoms with Crippen LogP contribution in [0.2, 0.25) is 15.1 Å². The van der Waals surface area contributed by atoms with Crippen LogP contribution in [-0.4, -0.2) is 30.0 Å². The highest BCUT2D eigenvalue weighted by Crippen LogP contribution is 2.41. The Bertz CT molecular complexity index is 1190. The molecule has 1 unspecified atom stereocenters. The molecular formula is C23H17Cl3F6N2O2. The van der Waals surface area contributed by atoms with Gasteiger partial charge in [-0.15, -0.1) is 0 Å². The number of benzene rings is 2. The number of nitrogens with one attached hydrogen (secondary N) is 1. The van der Waals surface area contributed by atoms with Crippen LogP contribution in [0.4, 0.5) is 26.3 Å². The van der Waals surface area contributed by atoms with Crippen molar-refractivity contribution in [2.45, 2.75) is 31.1 Å². The Morgan fingerprint density at radius 1 is 1.03 bits per heavy atom. The second-order valence-electron chi connectivity index (χ2n) is 8.09. The number of hydrogen-bond donors (Lipinski definition) is 1. The van der Waals surface area contributed by atoms with E-state index in [1.807, 2.05) is 0 Å². The summed E-state index contributed by atoms with van der Waals surface area (Å²) in [6, 6.07) is 4.35. The van der Waals surface area contributed by atoms with Crippen molar-refractivity contribution in [3.8, 4) is 0 Å². The molecule has 3 rings (SSSR count). The van der Waals surface area contributed by atoms with Crippen LogP contribution in [0.3, 0.4) is 0 Å². The lowest BCUT2D eigenvalue weighted by Gasteiger charge is -2.20. The number of carbonyl (C=O) groups is 2. The molecule has 2 amide bonds. The normalized spacial score (nSPS) is 15.2. The van der Waals surface area contributed by atoms with Gasteiger partial charge in [-0.3, -0.25) is 20.0 Å². The van der Waals surface area contributed by atoms with E-state index in [0.29, 0.717) is 25.0 Å². The van der Waals surface area contributed by atoms with E-state index in [1.54, 1.807) is 0 Å². The van der Waals surface area contributed by atoms with E-state index in [0.717, 1.165) is 35.4 Å². The molecule has 1 atom stereocenters. The molecule has 1 aliphatic carbocycles. The fraction of sp³-hybridized carbons (Fsp3) is 0.304. The lowest BCUT2D eigenvalue weighted by Crippen LogP contribution is -2.44. The maximum absolute atomic E-state index is 13.7. The van der Waals surface area contributed by atoms with Gasteiger partial charge >= 0.3 is 12.4 Å². The Balaban J connectivity index is 1.93. The first kappa shape index (κ1) is 28.1. The van der Waals surface area contributed by atoms with Crippen molar-refractivity contribution in [1.29, 1.82) is 0 Å². The molecule has 0 spiro atoms. The summed E-state index contributed by atoms with van der Waals surface area (Å²) in [4.78, 5) is 24.4. The van der Waals surface area contributed by atoms with Gasteiger partial charge in [0.25, 0.3) is 5.91 Å². The summed E-state index contributed by atoms with van der Waals surface area (Å²) in [6.45, 7) is 0. The monoisotopic (exact) mass is 572 g/mol. The van der Waals surface area contributed by atoms with Gasteiger partial charge in [0, 0.05) is 13.0 Å². The molecule has 2 aromatic carbocycles. The summed E-state index contributed by atoms with van der Waals surface area (Å²) in [6.07, 6.45) is -7.09. The van der Waals surface area contributed by atoms with E-state index in [2.05, 4.69) is 5.43 Å². The molecule has 0 radical (unpaired) electrons. The van der Waals surface area contributed by atoms with Crippen molar-refractivity contribution < 1.29 is 35.9 Å². The van der Waals surface area contributed by atoms with E-state index in [-0.39, 0.29) is 32.1 Å². The Morgan fingerprint density at radius 2 is 1.61 bits per heavy atom. The van der Waals surface area contributed by atoms with Crippen molar-refractivity contribution in [3.05, 3.63) is 73.7 Å². The minimum absolute atomic E-state index is 0.139. The topological polar surface area (TPSA) is 49.4 Å². The molecule has 0 saturated heterocycles. The average Bonchev–Trinajstić information content (AvgIpc) is 3.60. The van der Waals surface area contributed by atoms with E-state index in [9.17, 15) is 35.9 Å². The van der Waals surface area contributed by atoms with E-state index < -0.39 is 41.2 Å². The van der Waals surface area contributed by atoms with Crippen molar-refractivity contribution in [2.24, 2.45) is 5.92 Å². The standard InChI is InChI=1S/C23H17Cl3F6N2O2/c1-34(21(36)12-4-5-12)33-20(35)14-6-2-11(8-16(14)23(30,31)32)3-7-15(22(27,28)29)13-9-17(24)19(26)18(25)10-13/h2-3,6-10,12,15H,4-5H2,1H3,(H,33,35)/b7-3+. The Kier molecular flexibility index (Phi) is 8.22. The molecule has 194 valence electrons. The number of carbonyl (C=O) groups excluding carboxylic acids is 2. The maximum atomic E-state index is 13.7. The van der Waals surface area contributed by atoms with Crippen LogP contribution >= 0.6 is 34.8 Å². The van der Waals surface area contributed by atoms with Gasteiger partial charge in [-0.25, -0.2) is 0 Å². The van der Waals surface area contributed by atoms with Gasteiger partial charge in [0.1, 0.15) is 0 Å². The molecular weight excluding hydrogens is 557 g/mol. The molecule has 2 aromatic rings. The van der Waals surface area contributed by atoms with Gasteiger partial charge in [0.05, 0.1) is 32.1 Å². The highest BCUT2D eigenvalue weighted by molar-refractivity contribution is 6.48. The van der Waals surface area contributed by atoms with Crippen molar-refractivity contribution >= 4 is 52.7 Å². The largest absolute Gasteiger partial charge is 0.417 e. The lowest BCUT2D eigenvalue weighted by molar-refractivity contribution is -0.140. The number of rotatable bonds is 5. The van der Waals surface area contributed by atoms with Crippen molar-refractivity contribution in [2.75, 3.05) is 7.05 Å². The second kappa shape index (κ2) is 10.5. The van der Waals surface area contributed by atoms with Crippen molar-refractivity contribution in [3.63, 3.8) is 0 Å². The summed E-state index contributed by atoms with van der Waals surface area (Å²) in [5.74, 6) is -4.16. The molecule has 1 aliphatic rings. The van der Waals surface area contributed by atoms with Gasteiger partial charge in [0.15, 0.2) is 0 Å². The van der Waals surface area contributed by atoms with Crippen LogP contribution < -0.4 is 5.43 Å². The van der Waals surface area contributed by atoms with Crippen LogP contribution in [0.15, 0.2) is 36.4 Å². The van der Waals surface area contributed by atoms with Crippen LogP contribution in [0.1, 0.15) is 45.8 Å². The molecule has 36 heavy (non-hydrogen) atoms. The Morgan fingerprint density at radius 3 is 2.11 bits per heavy atom. The van der Waals surface area contributed by atoms with Gasteiger partial charge in [-0.1, -0.05) is 53.0 Å². The maximum Gasteiger partial charge on any atom is 0.417 e. The van der Waals surface area contributed by atoms with E-state index >= 15 is 0 Å². The Labute approximate surface area is 216 Å². The van der Waals surface area contributed by atoms with Crippen molar-refractivity contribution in [1.82, 2.24) is 10.4 Å². The third-order valence-electron chi connectivity index (χ3n) is 5.32. The first-order chi connectivity index (χ1) is 16.6. The number of amides is 2. The SMILES string of the molecule is CN(NC(=O)c1ccc(/C=C/C(c2cc(Cl)c(Cl)c(Cl)c2)C(F)(F)F)cc1C(F)(F)F)C(=O)C1CC1. The molecule has 0 heterocycles. The van der Waals surface area contributed by atoms with Gasteiger partial charge in [-0.2, -0.15) is 26.3 Å². The minimum atomic E-state index is -5.00. The zero-order chi connectivity index (χ0) is 27.0. The fourth-order valence-electron chi connectivity index (χ4n) is 3.34. The van der Waals surface area contributed by atoms with Crippen LogP contribution in [0, 0.1) is 5.92 Å². The van der Waals surface area contributed by atoms with Gasteiger partial charge in [0.2, 0.25) is 5.91 Å². The van der Waals surface area contributed by atoms with Crippen LogP contribution in [0.25, 0.3) is 6.08 Å². The number of alkyl halides is 6. The number of hydrogen-bond acceptors (Lipinski definition) is 2. The molecule has 13 heteroatoms. The smallest absolute Gasteiger partial charge is 0.273 e. The van der Waals surface area contributed by atoms with Crippen LogP contribution in [0.5, 0.6) is 0 Å². The van der Waals surface area contributed by atoms with E-state index in [1.165, 1.54) is 7.05 Å². The fourth-order valence-corrected chi connectivity index (χ4v) is 3.95. The number of nitrogens with zero attached hydrogens (tertiary/aromatic N) is 1. The Hall–Kier alpha value is -2.43. The number of hydrazine groups is 1. The van der Waals surface area contributed by atoms with Crippen LogP contribution in [-0.2, 0) is 11.0 Å². The van der Waals surface area contributed by atoms with Gasteiger partial charge in [-0.05, 0) is 48.2 Å². The highest BCUT2D eigenvalue weighted by atomic mass is 35.5. The summed E-state index contributed by atoms with van der Waals surface area (Å²) >= 11 is 17.4. The molecule has 0 aromatic heterocycles. The molecule has 0 aliphatic heterocycles. The summed E-state index contributed by atoms with van der Waals surface area (Å²) < 4.78 is 82.3. The molecule has 1 fully saturated rings.